The molecule has 1 aliphatic rings. The smallest absolute Gasteiger partial charge is 0.330 e. The van der Waals surface area contributed by atoms with E-state index in [1.54, 1.807) is 6.26 Å². The molecule has 1 saturated heterocycles. The molecule has 2 rings (SSSR count). The zero-order valence-corrected chi connectivity index (χ0v) is 14.5. The average molecular weight is 370 g/mol. The second-order valence-corrected chi connectivity index (χ2v) is 6.17. The van der Waals surface area contributed by atoms with E-state index in [1.807, 2.05) is 0 Å². The van der Waals surface area contributed by atoms with Crippen LogP contribution in [0.4, 0.5) is 0 Å². The summed E-state index contributed by atoms with van der Waals surface area (Å²) in [6.45, 7) is 0.258. The maximum absolute atomic E-state index is 12.3. The Labute approximate surface area is 147 Å². The van der Waals surface area contributed by atoms with Crippen molar-refractivity contribution >= 4 is 35.5 Å². The first-order valence-electron chi connectivity index (χ1n) is 7.24. The first-order chi connectivity index (χ1) is 11.8. The highest BCUT2D eigenvalue weighted by Crippen LogP contribution is 2.31. The fourth-order valence-electron chi connectivity index (χ4n) is 2.84. The van der Waals surface area contributed by atoms with Gasteiger partial charge in [0.2, 0.25) is 5.91 Å². The molecular weight excluding hydrogens is 352 g/mol. The second-order valence-electron chi connectivity index (χ2n) is 5.30. The topological polar surface area (TPSA) is 164 Å². The van der Waals surface area contributed by atoms with Crippen molar-refractivity contribution in [3.63, 3.8) is 0 Å². The Morgan fingerprint density at radius 3 is 2.48 bits per heavy atom. The molecule has 1 aliphatic heterocycles. The van der Waals surface area contributed by atoms with Gasteiger partial charge in [-0.2, -0.15) is 11.8 Å². The van der Waals surface area contributed by atoms with Crippen molar-refractivity contribution in [3.8, 4) is 0 Å². The van der Waals surface area contributed by atoms with Gasteiger partial charge in [0.1, 0.15) is 0 Å². The number of esters is 1. The van der Waals surface area contributed by atoms with Crippen LogP contribution in [-0.4, -0.2) is 75.3 Å². The van der Waals surface area contributed by atoms with Crippen molar-refractivity contribution in [1.29, 1.82) is 0 Å². The summed E-state index contributed by atoms with van der Waals surface area (Å²) in [6, 6.07) is -1.76. The molecule has 0 spiro atoms. The van der Waals surface area contributed by atoms with Crippen molar-refractivity contribution in [2.45, 2.75) is 18.5 Å². The van der Waals surface area contributed by atoms with Gasteiger partial charge in [-0.3, -0.25) is 14.4 Å². The molecule has 0 aliphatic carbocycles. The van der Waals surface area contributed by atoms with Crippen molar-refractivity contribution in [3.05, 3.63) is 11.4 Å². The lowest BCUT2D eigenvalue weighted by molar-refractivity contribution is -0.151. The van der Waals surface area contributed by atoms with Crippen LogP contribution in [0.3, 0.4) is 0 Å². The van der Waals surface area contributed by atoms with Gasteiger partial charge in [0.15, 0.2) is 17.4 Å². The van der Waals surface area contributed by atoms with Gasteiger partial charge >= 0.3 is 5.97 Å². The van der Waals surface area contributed by atoms with Crippen molar-refractivity contribution in [1.82, 2.24) is 19.9 Å². The van der Waals surface area contributed by atoms with Crippen LogP contribution in [0.1, 0.15) is 33.4 Å². The number of methoxy groups -OCH3 is 1. The molecule has 4 N–H and O–H groups in total. The first kappa shape index (κ1) is 18.7. The largest absolute Gasteiger partial charge is 0.467 e. The molecule has 0 aromatic carbocycles. The molecule has 2 atom stereocenters. The highest BCUT2D eigenvalue weighted by atomic mass is 32.2. The summed E-state index contributed by atoms with van der Waals surface area (Å²) in [6.07, 6.45) is 2.07. The van der Waals surface area contributed by atoms with E-state index in [0.29, 0.717) is 6.42 Å². The molecule has 0 saturated carbocycles. The third-order valence-corrected chi connectivity index (χ3v) is 4.41. The molecule has 25 heavy (non-hydrogen) atoms. The normalized spacial score (nSPS) is 19.7. The first-order valence-corrected chi connectivity index (χ1v) is 8.63. The number of carbonyl (C=O) groups is 4. The molecule has 1 aromatic rings. The van der Waals surface area contributed by atoms with Crippen molar-refractivity contribution in [2.75, 3.05) is 25.7 Å². The number of amides is 3. The van der Waals surface area contributed by atoms with Crippen LogP contribution >= 0.6 is 11.8 Å². The minimum Gasteiger partial charge on any atom is -0.467 e. The molecule has 12 heteroatoms. The lowest BCUT2D eigenvalue weighted by Crippen LogP contribution is -2.45. The lowest BCUT2D eigenvalue weighted by atomic mass is 10.1. The number of hydrogen-bond donors (Lipinski definition) is 2. The summed E-state index contributed by atoms with van der Waals surface area (Å²) in [4.78, 5) is 49.0. The number of primary amides is 2. The van der Waals surface area contributed by atoms with Crippen LogP contribution in [0, 0.1) is 0 Å². The Kier molecular flexibility index (Phi) is 5.62. The van der Waals surface area contributed by atoms with E-state index in [2.05, 4.69) is 10.3 Å². The summed E-state index contributed by atoms with van der Waals surface area (Å²) in [7, 11) is 1.19. The van der Waals surface area contributed by atoms with E-state index >= 15 is 0 Å². The molecule has 11 nitrogen and oxygen atoms in total. The van der Waals surface area contributed by atoms with Gasteiger partial charge in [0.05, 0.1) is 18.9 Å². The standard InChI is InChI=1S/C13H18N6O5S/c1-24-13(23)9-6(3-4-18(9)7(20)5-25-2)19-10(12(15)22)8(11(14)21)16-17-19/h6,9H,3-5H2,1-2H3,(H2,14,21)(H2,15,22)/t6-,9+/m0/s1. The summed E-state index contributed by atoms with van der Waals surface area (Å²) >= 11 is 1.32. The van der Waals surface area contributed by atoms with Crippen LogP contribution in [0.25, 0.3) is 0 Å². The fourth-order valence-corrected chi connectivity index (χ4v) is 3.26. The Balaban J connectivity index is 2.47. The third kappa shape index (κ3) is 3.43. The molecule has 0 bridgehead atoms. The van der Waals surface area contributed by atoms with Gasteiger partial charge in [0, 0.05) is 6.54 Å². The van der Waals surface area contributed by atoms with Crippen LogP contribution in [0.5, 0.6) is 0 Å². The van der Waals surface area contributed by atoms with Crippen LogP contribution in [-0.2, 0) is 14.3 Å². The van der Waals surface area contributed by atoms with Gasteiger partial charge in [-0.15, -0.1) is 5.10 Å². The molecule has 2 heterocycles. The third-order valence-electron chi connectivity index (χ3n) is 3.87. The number of likely N-dealkylation sites (tertiary alicyclic amines) is 1. The predicted octanol–water partition coefficient (Wildman–Crippen LogP) is -1.85. The van der Waals surface area contributed by atoms with Gasteiger partial charge in [-0.1, -0.05) is 5.21 Å². The average Bonchev–Trinajstić information content (AvgIpc) is 3.17. The quantitative estimate of drug-likeness (QED) is 0.551. The van der Waals surface area contributed by atoms with E-state index in [0.717, 1.165) is 4.68 Å². The highest BCUT2D eigenvalue weighted by molar-refractivity contribution is 7.99. The van der Waals surface area contributed by atoms with E-state index in [-0.39, 0.29) is 29.6 Å². The number of ether oxygens (including phenoxy) is 1. The summed E-state index contributed by atoms with van der Waals surface area (Å²) in [5, 5.41) is 7.35. The van der Waals surface area contributed by atoms with Crippen molar-refractivity contribution < 1.29 is 23.9 Å². The number of nitrogens with two attached hydrogens (primary N) is 2. The Bertz CT molecular complexity index is 720. The maximum Gasteiger partial charge on any atom is 0.330 e. The minimum absolute atomic E-state index is 0.187. The lowest BCUT2D eigenvalue weighted by Gasteiger charge is -2.26. The number of nitrogens with zero attached hydrogens (tertiary/aromatic N) is 4. The Morgan fingerprint density at radius 1 is 1.28 bits per heavy atom. The van der Waals surface area contributed by atoms with Gasteiger partial charge in [0.25, 0.3) is 11.8 Å². The van der Waals surface area contributed by atoms with Crippen molar-refractivity contribution in [2.24, 2.45) is 11.5 Å². The van der Waals surface area contributed by atoms with E-state index in [9.17, 15) is 19.2 Å². The minimum atomic E-state index is -1.01. The molecule has 0 unspecified atom stereocenters. The van der Waals surface area contributed by atoms with Gasteiger partial charge in [-0.05, 0) is 12.7 Å². The zero-order chi connectivity index (χ0) is 18.7. The SMILES string of the molecule is COC(=O)[C@H]1[C@@H](n2nnc(C(N)=O)c2C(N)=O)CCN1C(=O)CSC. The zero-order valence-electron chi connectivity index (χ0n) is 13.7. The van der Waals surface area contributed by atoms with Gasteiger partial charge < -0.3 is 21.1 Å². The Hall–Kier alpha value is -2.63. The monoisotopic (exact) mass is 370 g/mol. The summed E-state index contributed by atoms with van der Waals surface area (Å²) in [5.74, 6) is -2.66. The number of thioether (sulfide) groups is 1. The number of aromatic nitrogens is 3. The number of carbonyl (C=O) groups excluding carboxylic acids is 4. The van der Waals surface area contributed by atoms with Crippen LogP contribution in [0.2, 0.25) is 0 Å². The highest BCUT2D eigenvalue weighted by Gasteiger charge is 2.45. The van der Waals surface area contributed by atoms with Gasteiger partial charge in [-0.25, -0.2) is 9.48 Å². The molecular formula is C13H18N6O5S. The summed E-state index contributed by atoms with van der Waals surface area (Å²) in [5.41, 5.74) is 9.81. The van der Waals surface area contributed by atoms with E-state index in [1.165, 1.54) is 23.8 Å². The fraction of sp³-hybridized carbons (Fsp3) is 0.538. The van der Waals surface area contributed by atoms with Crippen LogP contribution < -0.4 is 11.5 Å². The number of rotatable bonds is 6. The molecule has 0 radical (unpaired) electrons. The molecule has 1 fully saturated rings. The second kappa shape index (κ2) is 7.51. The molecule has 1 aromatic heterocycles. The molecule has 3 amide bonds. The maximum atomic E-state index is 12.3. The number of hydrogen-bond acceptors (Lipinski definition) is 8. The van der Waals surface area contributed by atoms with E-state index < -0.39 is 29.9 Å². The predicted molar refractivity (Wildman–Crippen MR) is 86.6 cm³/mol. The Morgan fingerprint density at radius 2 is 1.96 bits per heavy atom. The van der Waals surface area contributed by atoms with Crippen LogP contribution in [0.15, 0.2) is 0 Å². The molecule has 136 valence electrons. The van der Waals surface area contributed by atoms with E-state index in [4.69, 9.17) is 16.2 Å². The summed E-state index contributed by atoms with van der Waals surface area (Å²) < 4.78 is 5.87.